The summed E-state index contributed by atoms with van der Waals surface area (Å²) in [7, 11) is 0. The van der Waals surface area contributed by atoms with Crippen LogP contribution in [0.25, 0.3) is 22.3 Å². The molecule has 1 aliphatic rings. The zero-order valence-electron chi connectivity index (χ0n) is 21.3. The lowest BCUT2D eigenvalue weighted by Gasteiger charge is -2.25. The number of carbonyl (C=O) groups is 2. The molecule has 0 bridgehead atoms. The Morgan fingerprint density at radius 2 is 1.82 bits per heavy atom. The summed E-state index contributed by atoms with van der Waals surface area (Å²) in [6.07, 6.45) is 4.32. The number of hydrogen-bond donors (Lipinski definition) is 3. The fourth-order valence-corrected chi connectivity index (χ4v) is 4.66. The minimum absolute atomic E-state index is 0.0477. The normalized spacial score (nSPS) is 13.1. The summed E-state index contributed by atoms with van der Waals surface area (Å²) in [5.74, 6) is -0.711. The molecule has 10 heteroatoms. The predicted octanol–water partition coefficient (Wildman–Crippen LogP) is 5.62. The average molecular weight is 537 g/mol. The highest BCUT2D eigenvalue weighted by molar-refractivity contribution is 6.04. The zero-order valence-corrected chi connectivity index (χ0v) is 21.3. The van der Waals surface area contributed by atoms with Crippen LogP contribution in [0.1, 0.15) is 46.9 Å². The SMILES string of the molecule is O=C(Nc1ccc(O)c(-c2cc(C3CCC3)n(C(=O)NCc3cccc(F)c3)n2)c1)c1cnc2ccccc2n1. The Balaban J connectivity index is 1.25. The van der Waals surface area contributed by atoms with Crippen LogP contribution < -0.4 is 10.6 Å². The third kappa shape index (κ3) is 5.11. The number of fused-ring (bicyclic) bond motifs is 1. The highest BCUT2D eigenvalue weighted by atomic mass is 19.1. The van der Waals surface area contributed by atoms with Gasteiger partial charge in [0.2, 0.25) is 0 Å². The van der Waals surface area contributed by atoms with E-state index >= 15 is 0 Å². The first kappa shape index (κ1) is 25.2. The zero-order chi connectivity index (χ0) is 27.6. The number of rotatable bonds is 6. The van der Waals surface area contributed by atoms with Crippen molar-refractivity contribution in [1.29, 1.82) is 0 Å². The van der Waals surface area contributed by atoms with Crippen LogP contribution in [-0.4, -0.2) is 36.8 Å². The number of amides is 2. The maximum Gasteiger partial charge on any atom is 0.342 e. The van der Waals surface area contributed by atoms with E-state index in [-0.39, 0.29) is 29.7 Å². The number of anilines is 1. The molecule has 3 aromatic carbocycles. The van der Waals surface area contributed by atoms with Gasteiger partial charge in [-0.3, -0.25) is 9.78 Å². The Morgan fingerprint density at radius 3 is 2.60 bits per heavy atom. The standard InChI is InChI=1S/C30H25FN6O3/c31-20-8-3-5-18(13-20)16-33-30(40)37-27(19-6-4-7-19)15-25(36-37)22-14-21(11-12-28(22)38)34-29(39)26-17-32-23-9-1-2-10-24(23)35-26/h1-3,5,8-15,17,19,38H,4,6-7,16H2,(H,33,40)(H,34,39). The van der Waals surface area contributed by atoms with Gasteiger partial charge < -0.3 is 15.7 Å². The van der Waals surface area contributed by atoms with Crippen LogP contribution in [0.5, 0.6) is 5.75 Å². The van der Waals surface area contributed by atoms with Gasteiger partial charge in [-0.25, -0.2) is 14.2 Å². The number of halogens is 1. The topological polar surface area (TPSA) is 122 Å². The minimum Gasteiger partial charge on any atom is -0.507 e. The molecule has 2 amide bonds. The lowest BCUT2D eigenvalue weighted by atomic mass is 9.82. The van der Waals surface area contributed by atoms with E-state index in [1.54, 1.807) is 36.4 Å². The monoisotopic (exact) mass is 536 g/mol. The number of nitrogens with one attached hydrogen (secondary N) is 2. The summed E-state index contributed by atoms with van der Waals surface area (Å²) in [5.41, 5.74) is 3.97. The number of para-hydroxylation sites is 2. The van der Waals surface area contributed by atoms with Crippen LogP contribution in [0, 0.1) is 5.82 Å². The first-order valence-corrected chi connectivity index (χ1v) is 12.9. The number of benzene rings is 3. The van der Waals surface area contributed by atoms with Crippen molar-refractivity contribution in [3.05, 3.63) is 102 Å². The number of phenols is 1. The molecule has 0 saturated heterocycles. The molecule has 0 atom stereocenters. The Bertz CT molecular complexity index is 1750. The van der Waals surface area contributed by atoms with Crippen molar-refractivity contribution in [1.82, 2.24) is 25.1 Å². The van der Waals surface area contributed by atoms with Crippen molar-refractivity contribution in [2.24, 2.45) is 0 Å². The first-order chi connectivity index (χ1) is 19.4. The van der Waals surface area contributed by atoms with Gasteiger partial charge in [-0.15, -0.1) is 0 Å². The van der Waals surface area contributed by atoms with Crippen molar-refractivity contribution < 1.29 is 19.1 Å². The fourth-order valence-electron chi connectivity index (χ4n) is 4.66. The van der Waals surface area contributed by atoms with Gasteiger partial charge in [0.25, 0.3) is 5.91 Å². The minimum atomic E-state index is -0.452. The molecule has 9 nitrogen and oxygen atoms in total. The summed E-state index contributed by atoms with van der Waals surface area (Å²) < 4.78 is 14.9. The third-order valence-corrected chi connectivity index (χ3v) is 7.00. The lowest BCUT2D eigenvalue weighted by molar-refractivity contribution is 0.102. The van der Waals surface area contributed by atoms with E-state index in [1.165, 1.54) is 29.1 Å². The molecule has 0 spiro atoms. The number of nitrogens with zero attached hydrogens (tertiary/aromatic N) is 4. The van der Waals surface area contributed by atoms with Crippen molar-refractivity contribution in [2.75, 3.05) is 5.32 Å². The fraction of sp³-hybridized carbons (Fsp3) is 0.167. The maximum atomic E-state index is 13.6. The Kier molecular flexibility index (Phi) is 6.65. The van der Waals surface area contributed by atoms with Crippen LogP contribution in [0.3, 0.4) is 0 Å². The molecule has 1 saturated carbocycles. The van der Waals surface area contributed by atoms with Gasteiger partial charge in [-0.2, -0.15) is 9.78 Å². The lowest BCUT2D eigenvalue weighted by Crippen LogP contribution is -2.31. The van der Waals surface area contributed by atoms with E-state index in [9.17, 15) is 19.1 Å². The van der Waals surface area contributed by atoms with E-state index in [0.29, 0.717) is 33.5 Å². The van der Waals surface area contributed by atoms with Gasteiger partial charge in [0, 0.05) is 23.7 Å². The van der Waals surface area contributed by atoms with Crippen LogP contribution in [0.4, 0.5) is 14.9 Å². The van der Waals surface area contributed by atoms with Crippen LogP contribution in [0.15, 0.2) is 79.0 Å². The number of aromatic hydroxyl groups is 1. The predicted molar refractivity (Wildman–Crippen MR) is 147 cm³/mol. The third-order valence-electron chi connectivity index (χ3n) is 7.00. The molecular formula is C30H25FN6O3. The number of carbonyl (C=O) groups excluding carboxylic acids is 2. The maximum absolute atomic E-state index is 13.6. The van der Waals surface area contributed by atoms with Crippen molar-refractivity contribution in [2.45, 2.75) is 31.7 Å². The number of aromatic nitrogens is 4. The molecule has 5 aromatic rings. The summed E-state index contributed by atoms with van der Waals surface area (Å²) in [6, 6.07) is 19.3. The Labute approximate surface area is 228 Å². The smallest absolute Gasteiger partial charge is 0.342 e. The van der Waals surface area contributed by atoms with E-state index in [1.807, 2.05) is 18.2 Å². The second-order valence-electron chi connectivity index (χ2n) is 9.71. The largest absolute Gasteiger partial charge is 0.507 e. The molecule has 0 aliphatic heterocycles. The van der Waals surface area contributed by atoms with Gasteiger partial charge in [-0.05, 0) is 66.9 Å². The summed E-state index contributed by atoms with van der Waals surface area (Å²) in [5, 5.41) is 20.8. The van der Waals surface area contributed by atoms with Crippen LogP contribution in [-0.2, 0) is 6.54 Å². The van der Waals surface area contributed by atoms with Crippen LogP contribution in [0.2, 0.25) is 0 Å². The molecule has 2 aromatic heterocycles. The van der Waals surface area contributed by atoms with Gasteiger partial charge in [0.1, 0.15) is 17.3 Å². The number of hydrogen-bond acceptors (Lipinski definition) is 6. The summed E-state index contributed by atoms with van der Waals surface area (Å²) >= 11 is 0. The van der Waals surface area contributed by atoms with Gasteiger partial charge in [0.05, 0.1) is 28.6 Å². The van der Waals surface area contributed by atoms with E-state index < -0.39 is 11.9 Å². The van der Waals surface area contributed by atoms with Gasteiger partial charge >= 0.3 is 6.03 Å². The van der Waals surface area contributed by atoms with Crippen molar-refractivity contribution >= 4 is 28.7 Å². The molecule has 0 radical (unpaired) electrons. The molecule has 6 rings (SSSR count). The second kappa shape index (κ2) is 10.6. The number of phenolic OH excluding ortho intramolecular Hbond substituents is 1. The van der Waals surface area contributed by atoms with E-state index in [4.69, 9.17) is 0 Å². The molecule has 40 heavy (non-hydrogen) atoms. The van der Waals surface area contributed by atoms with Gasteiger partial charge in [-0.1, -0.05) is 30.7 Å². The second-order valence-corrected chi connectivity index (χ2v) is 9.71. The summed E-state index contributed by atoms with van der Waals surface area (Å²) in [6.45, 7) is 0.139. The first-order valence-electron chi connectivity index (χ1n) is 12.9. The molecule has 0 unspecified atom stereocenters. The highest BCUT2D eigenvalue weighted by Crippen LogP contribution is 2.39. The van der Waals surface area contributed by atoms with Crippen molar-refractivity contribution in [3.63, 3.8) is 0 Å². The quantitative estimate of drug-likeness (QED) is 0.242. The Morgan fingerprint density at radius 1 is 1.00 bits per heavy atom. The highest BCUT2D eigenvalue weighted by Gasteiger charge is 2.27. The van der Waals surface area contributed by atoms with Crippen molar-refractivity contribution in [3.8, 4) is 17.0 Å². The average Bonchev–Trinajstić information content (AvgIpc) is 3.36. The molecule has 3 N–H and O–H groups in total. The van der Waals surface area contributed by atoms with Crippen LogP contribution >= 0.6 is 0 Å². The molecule has 1 aliphatic carbocycles. The van der Waals surface area contributed by atoms with Gasteiger partial charge in [0.15, 0.2) is 0 Å². The van der Waals surface area contributed by atoms with E-state index in [0.717, 1.165) is 25.0 Å². The van der Waals surface area contributed by atoms with E-state index in [2.05, 4.69) is 25.7 Å². The molecular weight excluding hydrogens is 511 g/mol. The molecule has 200 valence electrons. The molecule has 1 fully saturated rings. The Hall–Kier alpha value is -5.12. The molecule has 2 heterocycles. The summed E-state index contributed by atoms with van der Waals surface area (Å²) in [4.78, 5) is 34.7.